The summed E-state index contributed by atoms with van der Waals surface area (Å²) in [6, 6.07) is 12.1. The largest absolute Gasteiger partial charge is 0.497 e. The topological polar surface area (TPSA) is 89.7 Å². The average molecular weight is 469 g/mol. The Labute approximate surface area is 198 Å². The zero-order valence-corrected chi connectivity index (χ0v) is 19.6. The van der Waals surface area contributed by atoms with Gasteiger partial charge in [-0.25, -0.2) is 4.39 Å². The number of morpholine rings is 1. The summed E-state index contributed by atoms with van der Waals surface area (Å²) < 4.78 is 30.9. The maximum absolute atomic E-state index is 14.7. The van der Waals surface area contributed by atoms with Gasteiger partial charge < -0.3 is 24.2 Å². The minimum atomic E-state index is -0.365. The Morgan fingerprint density at radius 2 is 1.91 bits per heavy atom. The lowest BCUT2D eigenvalue weighted by Crippen LogP contribution is -2.45. The van der Waals surface area contributed by atoms with Crippen molar-refractivity contribution in [2.24, 2.45) is 0 Å². The molecule has 0 spiro atoms. The van der Waals surface area contributed by atoms with E-state index in [1.165, 1.54) is 6.07 Å². The number of methoxy groups -OCH3 is 1. The Morgan fingerprint density at radius 3 is 2.59 bits per heavy atom. The average Bonchev–Trinajstić information content (AvgIpc) is 3.27. The van der Waals surface area contributed by atoms with Gasteiger partial charge in [0.05, 0.1) is 25.0 Å². The quantitative estimate of drug-likeness (QED) is 0.522. The molecule has 1 aromatic heterocycles. The van der Waals surface area contributed by atoms with Crippen molar-refractivity contribution >= 4 is 17.3 Å². The molecule has 1 N–H and O–H groups in total. The molecule has 0 aliphatic carbocycles. The minimum absolute atomic E-state index is 0.0358. The molecule has 180 valence electrons. The maximum atomic E-state index is 14.7. The SMILES string of the molecule is COc1ccc(-c2noc(CCCC(=O)Nc3ccc(N4CC(C)OC(C)C4)c(F)c3)n2)cc1. The maximum Gasteiger partial charge on any atom is 0.226 e. The van der Waals surface area contributed by atoms with Crippen LogP contribution in [0.15, 0.2) is 47.0 Å². The second-order valence-electron chi connectivity index (χ2n) is 8.47. The first-order valence-corrected chi connectivity index (χ1v) is 11.4. The van der Waals surface area contributed by atoms with Crippen molar-refractivity contribution in [3.05, 3.63) is 54.2 Å². The standard InChI is InChI=1S/C25H29FN4O4/c1-16-14-30(15-17(2)33-16)22-12-9-19(13-21(22)26)27-23(31)5-4-6-24-28-25(29-34-24)18-7-10-20(32-3)11-8-18/h7-13,16-17H,4-6,14-15H2,1-3H3,(H,27,31). The van der Waals surface area contributed by atoms with Gasteiger partial charge in [0.2, 0.25) is 17.6 Å². The molecule has 0 saturated carbocycles. The summed E-state index contributed by atoms with van der Waals surface area (Å²) in [6.45, 7) is 5.21. The van der Waals surface area contributed by atoms with E-state index in [2.05, 4.69) is 15.5 Å². The molecule has 1 fully saturated rings. The molecule has 1 saturated heterocycles. The van der Waals surface area contributed by atoms with Gasteiger partial charge in [-0.15, -0.1) is 0 Å². The third kappa shape index (κ3) is 5.91. The van der Waals surface area contributed by atoms with Gasteiger partial charge in [-0.1, -0.05) is 5.16 Å². The summed E-state index contributed by atoms with van der Waals surface area (Å²) in [4.78, 5) is 18.7. The van der Waals surface area contributed by atoms with Crippen LogP contribution in [0.25, 0.3) is 11.4 Å². The highest BCUT2D eigenvalue weighted by molar-refractivity contribution is 5.90. The van der Waals surface area contributed by atoms with Gasteiger partial charge in [-0.2, -0.15) is 4.98 Å². The second-order valence-corrected chi connectivity index (χ2v) is 8.47. The number of amides is 1. The number of benzene rings is 2. The number of hydrogen-bond acceptors (Lipinski definition) is 7. The van der Waals surface area contributed by atoms with Crippen LogP contribution >= 0.6 is 0 Å². The van der Waals surface area contributed by atoms with Crippen LogP contribution in [-0.4, -0.2) is 48.5 Å². The monoisotopic (exact) mass is 468 g/mol. The van der Waals surface area contributed by atoms with Crippen LogP contribution in [0.1, 0.15) is 32.6 Å². The van der Waals surface area contributed by atoms with Crippen LogP contribution in [0.5, 0.6) is 5.75 Å². The lowest BCUT2D eigenvalue weighted by Gasteiger charge is -2.37. The van der Waals surface area contributed by atoms with Crippen LogP contribution in [0, 0.1) is 5.82 Å². The summed E-state index contributed by atoms with van der Waals surface area (Å²) in [7, 11) is 1.61. The molecule has 4 rings (SSSR count). The molecule has 2 unspecified atom stereocenters. The van der Waals surface area contributed by atoms with E-state index < -0.39 is 0 Å². The third-order valence-corrected chi connectivity index (χ3v) is 5.60. The Morgan fingerprint density at radius 1 is 1.18 bits per heavy atom. The first kappa shape index (κ1) is 23.7. The van der Waals surface area contributed by atoms with Crippen molar-refractivity contribution in [3.63, 3.8) is 0 Å². The molecular weight excluding hydrogens is 439 g/mol. The van der Waals surface area contributed by atoms with Gasteiger partial charge in [0, 0.05) is 37.2 Å². The molecule has 8 nitrogen and oxygen atoms in total. The molecule has 0 radical (unpaired) electrons. The molecule has 2 aromatic carbocycles. The number of carbonyl (C=O) groups is 1. The molecule has 34 heavy (non-hydrogen) atoms. The van der Waals surface area contributed by atoms with Crippen molar-refractivity contribution in [2.45, 2.75) is 45.3 Å². The molecule has 3 aromatic rings. The van der Waals surface area contributed by atoms with Crippen LogP contribution in [0.4, 0.5) is 15.8 Å². The fraction of sp³-hybridized carbons (Fsp3) is 0.400. The summed E-state index contributed by atoms with van der Waals surface area (Å²) in [5.74, 6) is 1.13. The van der Waals surface area contributed by atoms with Crippen LogP contribution in [0.3, 0.4) is 0 Å². The second kappa shape index (κ2) is 10.6. The van der Waals surface area contributed by atoms with E-state index in [1.54, 1.807) is 19.2 Å². The summed E-state index contributed by atoms with van der Waals surface area (Å²) >= 11 is 0. The first-order chi connectivity index (χ1) is 16.4. The highest BCUT2D eigenvalue weighted by Gasteiger charge is 2.24. The van der Waals surface area contributed by atoms with Gasteiger partial charge in [0.15, 0.2) is 0 Å². The molecule has 2 atom stereocenters. The van der Waals surface area contributed by atoms with E-state index >= 15 is 0 Å². The number of aryl methyl sites for hydroxylation is 1. The van der Waals surface area contributed by atoms with Crippen LogP contribution in [0.2, 0.25) is 0 Å². The Bertz CT molecular complexity index is 1110. The smallest absolute Gasteiger partial charge is 0.226 e. The normalized spacial score (nSPS) is 18.1. The van der Waals surface area contributed by atoms with E-state index in [0.717, 1.165) is 11.3 Å². The van der Waals surface area contributed by atoms with Crippen LogP contribution in [-0.2, 0) is 16.0 Å². The molecule has 1 aliphatic rings. The lowest BCUT2D eigenvalue weighted by atomic mass is 10.1. The van der Waals surface area contributed by atoms with E-state index in [9.17, 15) is 9.18 Å². The van der Waals surface area contributed by atoms with Gasteiger partial charge in [-0.05, 0) is 62.7 Å². The van der Waals surface area contributed by atoms with Gasteiger partial charge in [0.25, 0.3) is 0 Å². The number of rotatable bonds is 8. The first-order valence-electron chi connectivity index (χ1n) is 11.4. The zero-order chi connectivity index (χ0) is 24.1. The van der Waals surface area contributed by atoms with Gasteiger partial charge >= 0.3 is 0 Å². The Balaban J connectivity index is 1.26. The number of nitrogens with zero attached hydrogens (tertiary/aromatic N) is 3. The number of anilines is 2. The number of ether oxygens (including phenoxy) is 2. The van der Waals surface area contributed by atoms with Crippen molar-refractivity contribution in [1.82, 2.24) is 10.1 Å². The molecule has 9 heteroatoms. The highest BCUT2D eigenvalue weighted by atomic mass is 19.1. The van der Waals surface area contributed by atoms with Crippen molar-refractivity contribution in [1.29, 1.82) is 0 Å². The number of aromatic nitrogens is 2. The number of hydrogen-bond donors (Lipinski definition) is 1. The summed E-state index contributed by atoms with van der Waals surface area (Å²) in [5.41, 5.74) is 1.77. The number of halogens is 1. The summed E-state index contributed by atoms with van der Waals surface area (Å²) in [6.07, 6.45) is 1.32. The Hall–Kier alpha value is -3.46. The molecule has 0 bridgehead atoms. The predicted molar refractivity (Wildman–Crippen MR) is 126 cm³/mol. The molecular formula is C25H29FN4O4. The summed E-state index contributed by atoms with van der Waals surface area (Å²) in [5, 5.41) is 6.75. The number of carbonyl (C=O) groups excluding carboxylic acids is 1. The van der Waals surface area contributed by atoms with E-state index in [-0.39, 0.29) is 30.4 Å². The van der Waals surface area contributed by atoms with E-state index in [0.29, 0.717) is 49.0 Å². The van der Waals surface area contributed by atoms with Crippen molar-refractivity contribution < 1.29 is 23.2 Å². The van der Waals surface area contributed by atoms with Crippen molar-refractivity contribution in [2.75, 3.05) is 30.4 Å². The van der Waals surface area contributed by atoms with Gasteiger partial charge in [0.1, 0.15) is 11.6 Å². The highest BCUT2D eigenvalue weighted by Crippen LogP contribution is 2.26. The fourth-order valence-electron chi connectivity index (χ4n) is 4.05. The molecule has 1 amide bonds. The minimum Gasteiger partial charge on any atom is -0.497 e. The molecule has 1 aliphatic heterocycles. The third-order valence-electron chi connectivity index (χ3n) is 5.60. The van der Waals surface area contributed by atoms with Gasteiger partial charge in [-0.3, -0.25) is 4.79 Å². The fourth-order valence-corrected chi connectivity index (χ4v) is 4.05. The predicted octanol–water partition coefficient (Wildman–Crippen LogP) is 4.46. The van der Waals surface area contributed by atoms with E-state index in [4.69, 9.17) is 14.0 Å². The van der Waals surface area contributed by atoms with E-state index in [1.807, 2.05) is 43.0 Å². The number of nitrogens with one attached hydrogen (secondary N) is 1. The molecule has 2 heterocycles. The Kier molecular flexibility index (Phi) is 7.42. The van der Waals surface area contributed by atoms with Crippen molar-refractivity contribution in [3.8, 4) is 17.1 Å². The van der Waals surface area contributed by atoms with Crippen LogP contribution < -0.4 is 15.0 Å². The zero-order valence-electron chi connectivity index (χ0n) is 19.6. The lowest BCUT2D eigenvalue weighted by molar-refractivity contribution is -0.116.